The fraction of sp³-hybridized carbons (Fsp3) is 0.500. The van der Waals surface area contributed by atoms with Crippen LogP contribution in [0.15, 0.2) is 4.79 Å². The van der Waals surface area contributed by atoms with Crippen LogP contribution in [0.5, 0.6) is 0 Å². The monoisotopic (exact) mass is 292 g/mol. The van der Waals surface area contributed by atoms with Crippen LogP contribution in [0.2, 0.25) is 0 Å². The number of aromatic nitrogens is 2. The van der Waals surface area contributed by atoms with Gasteiger partial charge in [0.2, 0.25) is 0 Å². The lowest BCUT2D eigenvalue weighted by atomic mass is 9.88. The molecule has 0 spiro atoms. The van der Waals surface area contributed by atoms with Gasteiger partial charge in [-0.15, -0.1) is 11.3 Å². The maximum atomic E-state index is 12.1. The summed E-state index contributed by atoms with van der Waals surface area (Å²) in [5.74, 6) is 0.180. The van der Waals surface area contributed by atoms with Gasteiger partial charge in [0.25, 0.3) is 5.56 Å². The van der Waals surface area contributed by atoms with Crippen molar-refractivity contribution in [1.82, 2.24) is 9.97 Å². The summed E-state index contributed by atoms with van der Waals surface area (Å²) in [7, 11) is 0. The molecule has 1 N–H and O–H groups in total. The quantitative estimate of drug-likeness (QED) is 0.862. The van der Waals surface area contributed by atoms with Crippen molar-refractivity contribution < 1.29 is 9.53 Å². The molecule has 20 heavy (non-hydrogen) atoms. The second kappa shape index (κ2) is 5.01. The van der Waals surface area contributed by atoms with Gasteiger partial charge in [-0.3, -0.25) is 9.59 Å². The normalized spacial score (nSPS) is 18.0. The molecule has 3 rings (SSSR count). The minimum absolute atomic E-state index is 0.102. The Morgan fingerprint density at radius 3 is 3.10 bits per heavy atom. The van der Waals surface area contributed by atoms with E-state index in [-0.39, 0.29) is 17.4 Å². The van der Waals surface area contributed by atoms with Gasteiger partial charge in [-0.05, 0) is 38.7 Å². The Hall–Kier alpha value is -1.69. The number of rotatable bonds is 2. The summed E-state index contributed by atoms with van der Waals surface area (Å²) in [6, 6.07) is 0. The van der Waals surface area contributed by atoms with Gasteiger partial charge >= 0.3 is 5.97 Å². The molecule has 1 aliphatic rings. The molecule has 1 atom stereocenters. The highest BCUT2D eigenvalue weighted by molar-refractivity contribution is 7.19. The number of nitrogens with one attached hydrogen (secondary N) is 1. The summed E-state index contributed by atoms with van der Waals surface area (Å²) in [5.41, 5.74) is 0.887. The van der Waals surface area contributed by atoms with E-state index in [0.29, 0.717) is 17.8 Å². The van der Waals surface area contributed by atoms with Gasteiger partial charge in [-0.2, -0.15) is 0 Å². The topological polar surface area (TPSA) is 72.0 Å². The Kier molecular flexibility index (Phi) is 3.33. The first-order valence-electron chi connectivity index (χ1n) is 6.80. The van der Waals surface area contributed by atoms with Crippen molar-refractivity contribution in [1.29, 1.82) is 0 Å². The number of thiophene rings is 1. The Morgan fingerprint density at radius 2 is 2.35 bits per heavy atom. The number of carbonyl (C=O) groups is 1. The average Bonchev–Trinajstić information content (AvgIpc) is 2.76. The van der Waals surface area contributed by atoms with Gasteiger partial charge in [0.1, 0.15) is 10.7 Å². The second-order valence-corrected chi connectivity index (χ2v) is 6.00. The third-order valence-corrected chi connectivity index (χ3v) is 4.86. The van der Waals surface area contributed by atoms with Crippen molar-refractivity contribution in [3.05, 3.63) is 26.6 Å². The Morgan fingerprint density at radius 1 is 1.55 bits per heavy atom. The molecule has 1 aliphatic carbocycles. The zero-order valence-corrected chi connectivity index (χ0v) is 12.3. The highest BCUT2D eigenvalue weighted by atomic mass is 32.1. The third-order valence-electron chi connectivity index (χ3n) is 3.62. The molecule has 2 aromatic heterocycles. The first-order chi connectivity index (χ1) is 9.61. The lowest BCUT2D eigenvalue weighted by molar-refractivity contribution is -0.145. The van der Waals surface area contributed by atoms with E-state index in [2.05, 4.69) is 9.97 Å². The van der Waals surface area contributed by atoms with Crippen LogP contribution in [-0.4, -0.2) is 22.5 Å². The molecule has 0 aliphatic heterocycles. The van der Waals surface area contributed by atoms with E-state index in [0.717, 1.165) is 34.5 Å². The first kappa shape index (κ1) is 13.3. The van der Waals surface area contributed by atoms with Gasteiger partial charge in [0, 0.05) is 4.88 Å². The average molecular weight is 292 g/mol. The van der Waals surface area contributed by atoms with Gasteiger partial charge in [-0.25, -0.2) is 4.98 Å². The van der Waals surface area contributed by atoms with Gasteiger partial charge in [0.05, 0.1) is 17.9 Å². The van der Waals surface area contributed by atoms with Gasteiger partial charge in [0.15, 0.2) is 0 Å². The molecule has 106 valence electrons. The molecule has 1 unspecified atom stereocenters. The number of H-pyrrole nitrogens is 1. The molecule has 0 saturated carbocycles. The third kappa shape index (κ3) is 2.04. The zero-order chi connectivity index (χ0) is 14.3. The molecule has 2 heterocycles. The number of nitrogens with zero attached hydrogens (tertiary/aromatic N) is 1. The summed E-state index contributed by atoms with van der Waals surface area (Å²) in [5, 5.41) is 0.657. The molecular formula is C14H16N2O3S. The molecule has 0 saturated heterocycles. The van der Waals surface area contributed by atoms with E-state index >= 15 is 0 Å². The molecule has 0 bridgehead atoms. The van der Waals surface area contributed by atoms with Gasteiger partial charge in [-0.1, -0.05) is 0 Å². The number of fused-ring (bicyclic) bond motifs is 3. The summed E-state index contributed by atoms with van der Waals surface area (Å²) in [4.78, 5) is 33.0. The van der Waals surface area contributed by atoms with Crippen LogP contribution in [0.1, 0.15) is 41.9 Å². The standard InChI is InChI=1S/C14H16N2O3S/c1-3-19-14(18)9-6-4-5-8-10-12(17)15-7(2)16-13(10)20-11(8)9/h9H,3-6H2,1-2H3,(H,15,16,17). The summed E-state index contributed by atoms with van der Waals surface area (Å²) < 4.78 is 5.15. The molecule has 2 aromatic rings. The molecule has 0 aromatic carbocycles. The number of hydrogen-bond acceptors (Lipinski definition) is 5. The van der Waals surface area contributed by atoms with E-state index in [9.17, 15) is 9.59 Å². The van der Waals surface area contributed by atoms with Crippen LogP contribution in [-0.2, 0) is 16.0 Å². The molecule has 0 amide bonds. The molecule has 0 radical (unpaired) electrons. The molecule has 6 heteroatoms. The Bertz CT molecular complexity index is 732. The number of carbonyl (C=O) groups excluding carboxylic acids is 1. The van der Waals surface area contributed by atoms with Crippen LogP contribution in [0.25, 0.3) is 10.2 Å². The van der Waals surface area contributed by atoms with E-state index < -0.39 is 0 Å². The van der Waals surface area contributed by atoms with Crippen molar-refractivity contribution in [3.8, 4) is 0 Å². The number of ether oxygens (including phenoxy) is 1. The maximum Gasteiger partial charge on any atom is 0.314 e. The number of hydrogen-bond donors (Lipinski definition) is 1. The first-order valence-corrected chi connectivity index (χ1v) is 7.62. The maximum absolute atomic E-state index is 12.1. The van der Waals surface area contributed by atoms with Gasteiger partial charge < -0.3 is 9.72 Å². The van der Waals surface area contributed by atoms with Crippen molar-refractivity contribution in [2.45, 2.75) is 39.0 Å². The summed E-state index contributed by atoms with van der Waals surface area (Å²) >= 11 is 1.46. The van der Waals surface area contributed by atoms with E-state index in [1.165, 1.54) is 11.3 Å². The summed E-state index contributed by atoms with van der Waals surface area (Å²) in [6.45, 7) is 3.96. The number of aromatic amines is 1. The fourth-order valence-corrected chi connectivity index (χ4v) is 4.19. The minimum Gasteiger partial charge on any atom is -0.465 e. The highest BCUT2D eigenvalue weighted by Crippen LogP contribution is 2.40. The Labute approximate surface area is 120 Å². The zero-order valence-electron chi connectivity index (χ0n) is 11.5. The molecule has 0 fully saturated rings. The lowest BCUT2D eigenvalue weighted by Crippen LogP contribution is -2.20. The van der Waals surface area contributed by atoms with E-state index in [1.54, 1.807) is 6.92 Å². The predicted molar refractivity (Wildman–Crippen MR) is 77.3 cm³/mol. The van der Waals surface area contributed by atoms with E-state index in [1.807, 2.05) is 6.92 Å². The lowest BCUT2D eigenvalue weighted by Gasteiger charge is -2.20. The van der Waals surface area contributed by atoms with Crippen LogP contribution < -0.4 is 5.56 Å². The van der Waals surface area contributed by atoms with Crippen molar-refractivity contribution in [2.24, 2.45) is 0 Å². The molecular weight excluding hydrogens is 276 g/mol. The molecule has 5 nitrogen and oxygen atoms in total. The minimum atomic E-state index is -0.238. The predicted octanol–water partition coefficient (Wildman–Crippen LogP) is 2.28. The van der Waals surface area contributed by atoms with Crippen LogP contribution >= 0.6 is 11.3 Å². The summed E-state index contributed by atoms with van der Waals surface area (Å²) in [6.07, 6.45) is 2.52. The van der Waals surface area contributed by atoms with Crippen molar-refractivity contribution in [2.75, 3.05) is 6.61 Å². The van der Waals surface area contributed by atoms with Crippen LogP contribution in [0, 0.1) is 6.92 Å². The van der Waals surface area contributed by atoms with Crippen LogP contribution in [0.3, 0.4) is 0 Å². The van der Waals surface area contributed by atoms with Crippen LogP contribution in [0.4, 0.5) is 0 Å². The number of aryl methyl sites for hydroxylation is 2. The Balaban J connectivity index is 2.18. The SMILES string of the molecule is CCOC(=O)C1CCCc2c1sc1nc(C)[nH]c(=O)c21. The fourth-order valence-electron chi connectivity index (χ4n) is 2.80. The van der Waals surface area contributed by atoms with Crippen molar-refractivity contribution in [3.63, 3.8) is 0 Å². The van der Waals surface area contributed by atoms with E-state index in [4.69, 9.17) is 4.74 Å². The second-order valence-electron chi connectivity index (χ2n) is 4.97. The largest absolute Gasteiger partial charge is 0.465 e. The number of esters is 1. The smallest absolute Gasteiger partial charge is 0.314 e. The highest BCUT2D eigenvalue weighted by Gasteiger charge is 2.32. The van der Waals surface area contributed by atoms with Crippen molar-refractivity contribution >= 4 is 27.5 Å².